The van der Waals surface area contributed by atoms with Gasteiger partial charge in [0.1, 0.15) is 12.0 Å². The summed E-state index contributed by atoms with van der Waals surface area (Å²) in [5.41, 5.74) is 9.28. The molecule has 244 valence electrons. The van der Waals surface area contributed by atoms with Crippen LogP contribution >= 0.6 is 11.8 Å². The Kier molecular flexibility index (Phi) is 6.51. The lowest BCUT2D eigenvalue weighted by Gasteiger charge is -2.25. The summed E-state index contributed by atoms with van der Waals surface area (Å²) in [6.45, 7) is 0. The Bertz CT molecular complexity index is 2960. The third-order valence-electron chi connectivity index (χ3n) is 10.4. The molecular formula is C47H30N4S. The second kappa shape index (κ2) is 11.6. The molecule has 0 spiro atoms. The maximum atomic E-state index is 5.08. The molecule has 11 rings (SSSR count). The number of rotatable bonds is 4. The predicted molar refractivity (Wildman–Crippen MR) is 217 cm³/mol. The van der Waals surface area contributed by atoms with Gasteiger partial charge in [-0.2, -0.15) is 0 Å². The van der Waals surface area contributed by atoms with Crippen molar-refractivity contribution in [1.82, 2.24) is 9.88 Å². The monoisotopic (exact) mass is 682 g/mol. The van der Waals surface area contributed by atoms with Crippen molar-refractivity contribution >= 4 is 66.8 Å². The largest absolute Gasteiger partial charge is 0.344 e. The topological polar surface area (TPSA) is 41.7 Å². The van der Waals surface area contributed by atoms with E-state index in [1.807, 2.05) is 36.0 Å². The zero-order valence-corrected chi connectivity index (χ0v) is 28.8. The fraction of sp³-hybridized carbons (Fsp3) is 0.0213. The van der Waals surface area contributed by atoms with Crippen molar-refractivity contribution in [1.29, 1.82) is 0 Å². The summed E-state index contributed by atoms with van der Waals surface area (Å²) in [5.74, 6) is 1.55. The Morgan fingerprint density at radius 1 is 0.519 bits per heavy atom. The maximum Gasteiger partial charge on any atom is 0.159 e. The molecule has 2 aliphatic rings. The van der Waals surface area contributed by atoms with Crippen LogP contribution in [0.5, 0.6) is 0 Å². The summed E-state index contributed by atoms with van der Waals surface area (Å²) in [5, 5.41) is 11.2. The van der Waals surface area contributed by atoms with Crippen molar-refractivity contribution < 1.29 is 0 Å². The van der Waals surface area contributed by atoms with E-state index in [0.717, 1.165) is 28.4 Å². The SMILES string of the molecule is c1ccc(C2=NC(c3ccccc3)NC(c3ccc4c(c3)Sc3ccc(-n5c6ccccc6c6cc7ccccc7cc65)c5cccc-4c35)=N2)cc1. The van der Waals surface area contributed by atoms with E-state index in [-0.39, 0.29) is 6.17 Å². The first-order valence-electron chi connectivity index (χ1n) is 17.6. The molecule has 4 nitrogen and oxygen atoms in total. The average Bonchev–Trinajstić information content (AvgIpc) is 3.53. The van der Waals surface area contributed by atoms with Crippen LogP contribution in [0.3, 0.4) is 0 Å². The Morgan fingerprint density at radius 3 is 2.13 bits per heavy atom. The lowest BCUT2D eigenvalue weighted by molar-refractivity contribution is 0.674. The minimum atomic E-state index is -0.237. The molecule has 0 radical (unpaired) electrons. The second-order valence-corrected chi connectivity index (χ2v) is 14.5. The number of aromatic nitrogens is 1. The minimum Gasteiger partial charge on any atom is -0.344 e. The zero-order valence-electron chi connectivity index (χ0n) is 28.0. The van der Waals surface area contributed by atoms with Gasteiger partial charge >= 0.3 is 0 Å². The molecule has 0 saturated carbocycles. The molecule has 1 N–H and O–H groups in total. The first-order chi connectivity index (χ1) is 25.8. The van der Waals surface area contributed by atoms with Gasteiger partial charge in [-0.1, -0.05) is 145 Å². The molecule has 2 aliphatic heterocycles. The summed E-state index contributed by atoms with van der Waals surface area (Å²) in [4.78, 5) is 12.6. The van der Waals surface area contributed by atoms with Crippen molar-refractivity contribution in [3.05, 3.63) is 187 Å². The number of aliphatic imine (C=N–C) groups is 2. The standard InChI is InChI=1S/C47H30N4S/c1-3-12-29(13-4-1)45-48-46(30-14-5-2-6-15-30)50-47(49-45)33-22-23-35-36-19-11-20-37-40(24-25-42(44(36)37)52-43(35)28-33)51-39-21-10-9-18-34(39)38-26-31-16-7-8-17-32(31)27-41(38)51/h1-28,45H,(H,48,49,50). The van der Waals surface area contributed by atoms with E-state index in [9.17, 15) is 0 Å². The molecule has 1 unspecified atom stereocenters. The van der Waals surface area contributed by atoms with Gasteiger partial charge in [0, 0.05) is 42.5 Å². The molecule has 1 atom stereocenters. The number of nitrogens with one attached hydrogen (secondary N) is 1. The highest BCUT2D eigenvalue weighted by Gasteiger charge is 2.25. The minimum absolute atomic E-state index is 0.237. The van der Waals surface area contributed by atoms with E-state index in [4.69, 9.17) is 9.98 Å². The highest BCUT2D eigenvalue weighted by atomic mass is 32.2. The molecule has 1 aromatic heterocycles. The number of para-hydroxylation sites is 1. The van der Waals surface area contributed by atoms with Gasteiger partial charge in [0.15, 0.2) is 5.84 Å². The van der Waals surface area contributed by atoms with Crippen LogP contribution in [0.4, 0.5) is 0 Å². The number of hydrogen-bond acceptors (Lipinski definition) is 4. The van der Waals surface area contributed by atoms with E-state index in [1.54, 1.807) is 0 Å². The fourth-order valence-electron chi connectivity index (χ4n) is 7.99. The normalized spacial score (nSPS) is 15.0. The van der Waals surface area contributed by atoms with Crippen LogP contribution in [0, 0.1) is 0 Å². The van der Waals surface area contributed by atoms with Crippen molar-refractivity contribution in [2.75, 3.05) is 0 Å². The van der Waals surface area contributed by atoms with Crippen LogP contribution in [-0.4, -0.2) is 16.2 Å². The summed E-state index contributed by atoms with van der Waals surface area (Å²) < 4.78 is 2.46. The Hall–Kier alpha value is -6.43. The smallest absolute Gasteiger partial charge is 0.159 e. The molecule has 52 heavy (non-hydrogen) atoms. The molecular weight excluding hydrogens is 653 g/mol. The lowest BCUT2D eigenvalue weighted by Crippen LogP contribution is -2.33. The Balaban J connectivity index is 1.05. The van der Waals surface area contributed by atoms with Crippen LogP contribution in [-0.2, 0) is 0 Å². The molecule has 5 heteroatoms. The third kappa shape index (κ3) is 4.56. The number of hydrogen-bond donors (Lipinski definition) is 1. The number of fused-ring (bicyclic) bond motifs is 6. The third-order valence-corrected chi connectivity index (χ3v) is 11.5. The van der Waals surface area contributed by atoms with Crippen molar-refractivity contribution in [3.8, 4) is 16.8 Å². The lowest BCUT2D eigenvalue weighted by atomic mass is 9.95. The fourth-order valence-corrected chi connectivity index (χ4v) is 9.16. The summed E-state index contributed by atoms with van der Waals surface area (Å²) in [7, 11) is 0. The number of nitrogens with zero attached hydrogens (tertiary/aromatic N) is 3. The maximum absolute atomic E-state index is 5.08. The highest BCUT2D eigenvalue weighted by molar-refractivity contribution is 7.99. The van der Waals surface area contributed by atoms with E-state index < -0.39 is 0 Å². The van der Waals surface area contributed by atoms with Crippen LogP contribution in [0.25, 0.3) is 60.2 Å². The molecule has 8 aromatic carbocycles. The quantitative estimate of drug-likeness (QED) is 0.201. The average molecular weight is 683 g/mol. The van der Waals surface area contributed by atoms with Gasteiger partial charge in [-0.25, -0.2) is 9.98 Å². The summed E-state index contributed by atoms with van der Waals surface area (Å²) in [6, 6.07) is 60.9. The van der Waals surface area contributed by atoms with Crippen LogP contribution in [0.15, 0.2) is 190 Å². The first kappa shape index (κ1) is 29.3. The van der Waals surface area contributed by atoms with Gasteiger partial charge in [-0.15, -0.1) is 0 Å². The molecule has 0 bridgehead atoms. The van der Waals surface area contributed by atoms with E-state index in [1.165, 1.54) is 70.0 Å². The van der Waals surface area contributed by atoms with Crippen molar-refractivity contribution in [3.63, 3.8) is 0 Å². The molecule has 9 aromatic rings. The van der Waals surface area contributed by atoms with Gasteiger partial charge in [0.2, 0.25) is 0 Å². The molecule has 0 aliphatic carbocycles. The van der Waals surface area contributed by atoms with Crippen LogP contribution < -0.4 is 5.32 Å². The zero-order chi connectivity index (χ0) is 34.2. The molecule has 3 heterocycles. The van der Waals surface area contributed by atoms with Crippen LogP contribution in [0.1, 0.15) is 22.9 Å². The van der Waals surface area contributed by atoms with Gasteiger partial charge < -0.3 is 9.88 Å². The van der Waals surface area contributed by atoms with Gasteiger partial charge in [-0.05, 0) is 63.9 Å². The van der Waals surface area contributed by atoms with Crippen molar-refractivity contribution in [2.24, 2.45) is 9.98 Å². The molecule has 0 saturated heterocycles. The van der Waals surface area contributed by atoms with E-state index in [2.05, 4.69) is 155 Å². The molecule has 0 fully saturated rings. The van der Waals surface area contributed by atoms with Crippen LogP contribution in [0.2, 0.25) is 0 Å². The van der Waals surface area contributed by atoms with Gasteiger partial charge in [0.25, 0.3) is 0 Å². The van der Waals surface area contributed by atoms with Gasteiger partial charge in [-0.3, -0.25) is 0 Å². The predicted octanol–water partition coefficient (Wildman–Crippen LogP) is 11.7. The number of amidine groups is 2. The summed E-state index contributed by atoms with van der Waals surface area (Å²) in [6.07, 6.45) is -0.237. The van der Waals surface area contributed by atoms with Gasteiger partial charge in [0.05, 0.1) is 16.7 Å². The van der Waals surface area contributed by atoms with Crippen molar-refractivity contribution in [2.45, 2.75) is 16.0 Å². The Morgan fingerprint density at radius 2 is 1.27 bits per heavy atom. The van der Waals surface area contributed by atoms with E-state index >= 15 is 0 Å². The Labute approximate surface area is 304 Å². The molecule has 0 amide bonds. The highest BCUT2D eigenvalue weighted by Crippen LogP contribution is 2.50. The second-order valence-electron chi connectivity index (χ2n) is 13.4. The number of benzene rings is 8. The van der Waals surface area contributed by atoms with E-state index in [0.29, 0.717) is 0 Å². The first-order valence-corrected chi connectivity index (χ1v) is 18.4. The summed E-state index contributed by atoms with van der Waals surface area (Å²) >= 11 is 1.84.